The standard InChI is InChI=1S/C5H7BrN2.BrH/c1-8-4-7-3-5(8)2-6;/h3-4H,2H2,1H3;1H. The second-order valence-corrected chi connectivity index (χ2v) is 2.19. The van der Waals surface area contributed by atoms with Crippen molar-refractivity contribution in [2.24, 2.45) is 7.05 Å². The van der Waals surface area contributed by atoms with Gasteiger partial charge in [0.25, 0.3) is 0 Å². The maximum Gasteiger partial charge on any atom is 0.0945 e. The lowest BCUT2D eigenvalue weighted by Crippen LogP contribution is -1.89. The van der Waals surface area contributed by atoms with E-state index in [1.807, 2.05) is 17.8 Å². The summed E-state index contributed by atoms with van der Waals surface area (Å²) in [5.41, 5.74) is 1.20. The number of nitrogens with zero attached hydrogens (tertiary/aromatic N) is 2. The van der Waals surface area contributed by atoms with Crippen LogP contribution in [0.15, 0.2) is 12.5 Å². The third kappa shape index (κ3) is 2.10. The second-order valence-electron chi connectivity index (χ2n) is 1.63. The number of hydrogen-bond donors (Lipinski definition) is 0. The van der Waals surface area contributed by atoms with Crippen LogP contribution in [0.1, 0.15) is 5.69 Å². The van der Waals surface area contributed by atoms with E-state index in [4.69, 9.17) is 0 Å². The molecule has 4 heteroatoms. The molecule has 0 atom stereocenters. The van der Waals surface area contributed by atoms with Crippen LogP contribution in [0.5, 0.6) is 0 Å². The van der Waals surface area contributed by atoms with E-state index in [9.17, 15) is 0 Å². The molecule has 0 aliphatic rings. The first-order chi connectivity index (χ1) is 3.84. The summed E-state index contributed by atoms with van der Waals surface area (Å²) < 4.78 is 1.98. The first-order valence-corrected chi connectivity index (χ1v) is 3.48. The normalized spacial score (nSPS) is 8.67. The molecule has 0 bridgehead atoms. The predicted octanol–water partition coefficient (Wildman–Crippen LogP) is 1.89. The first kappa shape index (κ1) is 9.17. The lowest BCUT2D eigenvalue weighted by Gasteiger charge is -1.91. The Hall–Kier alpha value is 0.170. The summed E-state index contributed by atoms with van der Waals surface area (Å²) in [5.74, 6) is 0. The molecule has 1 aromatic heterocycles. The minimum atomic E-state index is 0. The molecular formula is C5H8Br2N2. The fraction of sp³-hybridized carbons (Fsp3) is 0.400. The largest absolute Gasteiger partial charge is 0.337 e. The molecule has 0 amide bonds. The van der Waals surface area contributed by atoms with Gasteiger partial charge in [-0.3, -0.25) is 0 Å². The van der Waals surface area contributed by atoms with E-state index in [-0.39, 0.29) is 17.0 Å². The van der Waals surface area contributed by atoms with Crippen LogP contribution < -0.4 is 0 Å². The SMILES string of the molecule is Br.Cn1cncc1CBr. The van der Waals surface area contributed by atoms with Gasteiger partial charge in [-0.15, -0.1) is 17.0 Å². The fourth-order valence-corrected chi connectivity index (χ4v) is 1.05. The van der Waals surface area contributed by atoms with Crippen molar-refractivity contribution >= 4 is 32.9 Å². The summed E-state index contributed by atoms with van der Waals surface area (Å²) in [6.45, 7) is 0. The van der Waals surface area contributed by atoms with Crippen molar-refractivity contribution in [3.8, 4) is 0 Å². The molecule has 1 rings (SSSR count). The molecule has 0 aliphatic heterocycles. The van der Waals surface area contributed by atoms with E-state index < -0.39 is 0 Å². The molecule has 9 heavy (non-hydrogen) atoms. The minimum absolute atomic E-state index is 0. The van der Waals surface area contributed by atoms with Crippen LogP contribution in [-0.2, 0) is 12.4 Å². The van der Waals surface area contributed by atoms with Gasteiger partial charge in [0, 0.05) is 24.3 Å². The number of hydrogen-bond acceptors (Lipinski definition) is 1. The average Bonchev–Trinajstić information content (AvgIpc) is 2.14. The molecule has 0 aliphatic carbocycles. The highest BCUT2D eigenvalue weighted by molar-refractivity contribution is 9.08. The van der Waals surface area contributed by atoms with E-state index in [0.717, 1.165) is 5.33 Å². The Morgan fingerprint density at radius 2 is 2.44 bits per heavy atom. The van der Waals surface area contributed by atoms with Crippen LogP contribution >= 0.6 is 32.9 Å². The summed E-state index contributed by atoms with van der Waals surface area (Å²) in [6.07, 6.45) is 3.63. The van der Waals surface area contributed by atoms with Gasteiger partial charge in [0.2, 0.25) is 0 Å². The Balaban J connectivity index is 0.000000640. The van der Waals surface area contributed by atoms with Crippen LogP contribution in [0.25, 0.3) is 0 Å². The van der Waals surface area contributed by atoms with E-state index in [1.165, 1.54) is 5.69 Å². The molecule has 0 saturated carbocycles. The molecule has 0 N–H and O–H groups in total. The zero-order valence-electron chi connectivity index (χ0n) is 5.04. The number of aryl methyl sites for hydroxylation is 1. The van der Waals surface area contributed by atoms with Crippen LogP contribution in [-0.4, -0.2) is 9.55 Å². The van der Waals surface area contributed by atoms with Crippen LogP contribution in [0.4, 0.5) is 0 Å². The average molecular weight is 256 g/mol. The van der Waals surface area contributed by atoms with Crippen molar-refractivity contribution in [2.75, 3.05) is 0 Å². The second kappa shape index (κ2) is 4.06. The van der Waals surface area contributed by atoms with Gasteiger partial charge in [-0.25, -0.2) is 4.98 Å². The van der Waals surface area contributed by atoms with Gasteiger partial charge in [0.15, 0.2) is 0 Å². The van der Waals surface area contributed by atoms with Crippen molar-refractivity contribution in [1.29, 1.82) is 0 Å². The smallest absolute Gasteiger partial charge is 0.0945 e. The van der Waals surface area contributed by atoms with Crippen LogP contribution in [0, 0.1) is 0 Å². The Labute approximate surface area is 73.2 Å². The topological polar surface area (TPSA) is 17.8 Å². The van der Waals surface area contributed by atoms with Gasteiger partial charge in [-0.2, -0.15) is 0 Å². The molecule has 0 spiro atoms. The van der Waals surface area contributed by atoms with Gasteiger partial charge in [0.1, 0.15) is 0 Å². The minimum Gasteiger partial charge on any atom is -0.337 e. The fourth-order valence-electron chi connectivity index (χ4n) is 0.513. The summed E-state index contributed by atoms with van der Waals surface area (Å²) in [6, 6.07) is 0. The van der Waals surface area contributed by atoms with Gasteiger partial charge in [-0.05, 0) is 0 Å². The highest BCUT2D eigenvalue weighted by atomic mass is 79.9. The van der Waals surface area contributed by atoms with Crippen LogP contribution in [0.3, 0.4) is 0 Å². The van der Waals surface area contributed by atoms with Crippen molar-refractivity contribution in [1.82, 2.24) is 9.55 Å². The Bertz CT molecular complexity index is 173. The van der Waals surface area contributed by atoms with Crippen molar-refractivity contribution in [3.05, 3.63) is 18.2 Å². The molecule has 0 unspecified atom stereocenters. The Morgan fingerprint density at radius 1 is 1.78 bits per heavy atom. The molecule has 0 aromatic carbocycles. The van der Waals surface area contributed by atoms with E-state index in [2.05, 4.69) is 20.9 Å². The molecule has 2 nitrogen and oxygen atoms in total. The first-order valence-electron chi connectivity index (χ1n) is 2.35. The summed E-state index contributed by atoms with van der Waals surface area (Å²) in [5, 5.41) is 0.878. The zero-order chi connectivity index (χ0) is 5.98. The monoisotopic (exact) mass is 254 g/mol. The molecule has 0 fully saturated rings. The summed E-state index contributed by atoms with van der Waals surface area (Å²) in [7, 11) is 1.98. The van der Waals surface area contributed by atoms with Gasteiger partial charge >= 0.3 is 0 Å². The Morgan fingerprint density at radius 3 is 2.67 bits per heavy atom. The maximum atomic E-state index is 3.93. The Kier molecular flexibility index (Phi) is 4.14. The highest BCUT2D eigenvalue weighted by Crippen LogP contribution is 2.00. The van der Waals surface area contributed by atoms with E-state index in [0.29, 0.717) is 0 Å². The molecule has 1 aromatic rings. The summed E-state index contributed by atoms with van der Waals surface area (Å²) >= 11 is 3.33. The van der Waals surface area contributed by atoms with Crippen molar-refractivity contribution < 1.29 is 0 Å². The van der Waals surface area contributed by atoms with Gasteiger partial charge in [-0.1, -0.05) is 15.9 Å². The summed E-state index contributed by atoms with van der Waals surface area (Å²) in [4.78, 5) is 3.93. The predicted molar refractivity (Wildman–Crippen MR) is 46.2 cm³/mol. The zero-order valence-corrected chi connectivity index (χ0v) is 8.34. The van der Waals surface area contributed by atoms with E-state index in [1.54, 1.807) is 6.33 Å². The molecular weight excluding hydrogens is 248 g/mol. The van der Waals surface area contributed by atoms with Crippen LogP contribution in [0.2, 0.25) is 0 Å². The molecule has 1 heterocycles. The van der Waals surface area contributed by atoms with Gasteiger partial charge in [0.05, 0.1) is 6.33 Å². The third-order valence-electron chi connectivity index (χ3n) is 1.05. The van der Waals surface area contributed by atoms with Crippen molar-refractivity contribution in [2.45, 2.75) is 5.33 Å². The number of imidazole rings is 1. The number of aromatic nitrogens is 2. The number of halogens is 2. The lowest BCUT2D eigenvalue weighted by atomic mass is 10.5. The lowest BCUT2D eigenvalue weighted by molar-refractivity contribution is 0.869. The number of alkyl halides is 1. The van der Waals surface area contributed by atoms with E-state index >= 15 is 0 Å². The van der Waals surface area contributed by atoms with Gasteiger partial charge < -0.3 is 4.57 Å². The quantitative estimate of drug-likeness (QED) is 0.701. The third-order valence-corrected chi connectivity index (χ3v) is 1.63. The highest BCUT2D eigenvalue weighted by Gasteiger charge is 1.91. The number of rotatable bonds is 1. The molecule has 0 radical (unpaired) electrons. The van der Waals surface area contributed by atoms with Crippen molar-refractivity contribution in [3.63, 3.8) is 0 Å². The maximum absolute atomic E-state index is 3.93. The molecule has 0 saturated heterocycles. The molecule has 52 valence electrons.